The molecule has 0 spiro atoms. The highest BCUT2D eigenvalue weighted by atomic mass is 31.2. The van der Waals surface area contributed by atoms with E-state index in [1.807, 2.05) is 6.92 Å². The molecule has 0 radical (unpaired) electrons. The lowest BCUT2D eigenvalue weighted by Crippen LogP contribution is -2.30. The number of unbranched alkanes of at least 4 members (excludes halogenated alkanes) is 32. The van der Waals surface area contributed by atoms with Crippen molar-refractivity contribution in [2.45, 2.75) is 303 Å². The lowest BCUT2D eigenvalue weighted by atomic mass is 10.0. The van der Waals surface area contributed by atoms with Crippen LogP contribution in [0.15, 0.2) is 0 Å². The van der Waals surface area contributed by atoms with Crippen molar-refractivity contribution >= 4 is 39.5 Å². The van der Waals surface area contributed by atoms with E-state index < -0.39 is 97.5 Å². The quantitative estimate of drug-likeness (QED) is 0.0222. The smallest absolute Gasteiger partial charge is 0.462 e. The van der Waals surface area contributed by atoms with Crippen molar-refractivity contribution in [3.63, 3.8) is 0 Å². The Kier molecular flexibility index (Phi) is 51.1. The number of hydrogen-bond acceptors (Lipinski definition) is 15. The Balaban J connectivity index is 5.07. The molecule has 450 valence electrons. The van der Waals surface area contributed by atoms with Gasteiger partial charge in [-0.15, -0.1) is 0 Å². The van der Waals surface area contributed by atoms with Gasteiger partial charge in [0.2, 0.25) is 0 Å². The Labute approximate surface area is 460 Å². The minimum absolute atomic E-state index is 0.0961. The van der Waals surface area contributed by atoms with Crippen LogP contribution in [-0.4, -0.2) is 96.7 Å². The van der Waals surface area contributed by atoms with Gasteiger partial charge in [-0.25, -0.2) is 9.13 Å². The first-order chi connectivity index (χ1) is 36.7. The molecule has 17 nitrogen and oxygen atoms in total. The maximum atomic E-state index is 12.9. The highest BCUT2D eigenvalue weighted by Crippen LogP contribution is 2.45. The van der Waals surface area contributed by atoms with Crippen LogP contribution in [0.5, 0.6) is 0 Å². The van der Waals surface area contributed by atoms with Crippen LogP contribution in [-0.2, 0) is 65.4 Å². The van der Waals surface area contributed by atoms with Crippen molar-refractivity contribution in [1.29, 1.82) is 0 Å². The zero-order chi connectivity index (χ0) is 56.2. The summed E-state index contributed by atoms with van der Waals surface area (Å²) in [4.78, 5) is 71.4. The normalized spacial score (nSPS) is 14.4. The molecule has 0 aromatic heterocycles. The largest absolute Gasteiger partial charge is 0.472 e. The lowest BCUT2D eigenvalue weighted by Gasteiger charge is -2.21. The van der Waals surface area contributed by atoms with Gasteiger partial charge in [0, 0.05) is 25.7 Å². The van der Waals surface area contributed by atoms with Gasteiger partial charge in [0.05, 0.1) is 26.4 Å². The highest BCUT2D eigenvalue weighted by Gasteiger charge is 2.30. The molecule has 2 unspecified atom stereocenters. The molecule has 0 saturated carbocycles. The number of carbonyl (C=O) groups excluding carboxylic acids is 4. The number of rotatable bonds is 58. The predicted molar refractivity (Wildman–Crippen MR) is 299 cm³/mol. The van der Waals surface area contributed by atoms with Crippen LogP contribution >= 0.6 is 15.6 Å². The van der Waals surface area contributed by atoms with Crippen LogP contribution in [0.3, 0.4) is 0 Å². The summed E-state index contributed by atoms with van der Waals surface area (Å²) in [5.41, 5.74) is 0. The second-order valence-electron chi connectivity index (χ2n) is 20.7. The van der Waals surface area contributed by atoms with Crippen LogP contribution in [0.2, 0.25) is 0 Å². The molecule has 3 N–H and O–H groups in total. The van der Waals surface area contributed by atoms with Crippen molar-refractivity contribution in [2.75, 3.05) is 39.6 Å². The number of aliphatic hydroxyl groups excluding tert-OH is 1. The summed E-state index contributed by atoms with van der Waals surface area (Å²) in [7, 11) is -9.85. The van der Waals surface area contributed by atoms with Gasteiger partial charge in [-0.3, -0.25) is 37.3 Å². The van der Waals surface area contributed by atoms with Crippen LogP contribution in [0.25, 0.3) is 0 Å². The van der Waals surface area contributed by atoms with Crippen LogP contribution in [0.1, 0.15) is 285 Å². The standard InChI is InChI=1S/C57H110O17P2/c1-5-9-13-17-20-23-24-25-26-27-28-30-32-35-39-42-55(60)68-48-53(74-57(62)44-40-36-33-29-21-18-14-10-6-2)50-72-76(65,66)70-46-51(58)45-69-75(63,64)71-49-52(73-56(61)43-37-16-12-8-4)47-67-54(59)41-38-34-31-22-19-15-11-7-3/h51-53,58H,5-50H2,1-4H3,(H,63,64)(H,65,66)/t51-,52+,53+/m0/s1. The summed E-state index contributed by atoms with van der Waals surface area (Å²) >= 11 is 0. The summed E-state index contributed by atoms with van der Waals surface area (Å²) in [6.07, 6.45) is 35.5. The molecule has 0 rings (SSSR count). The third kappa shape index (κ3) is 51.5. The van der Waals surface area contributed by atoms with Gasteiger partial charge in [0.25, 0.3) is 0 Å². The van der Waals surface area contributed by atoms with E-state index in [1.54, 1.807) is 0 Å². The maximum Gasteiger partial charge on any atom is 0.472 e. The van der Waals surface area contributed by atoms with Crippen molar-refractivity contribution in [2.24, 2.45) is 0 Å². The summed E-state index contributed by atoms with van der Waals surface area (Å²) in [5, 5.41) is 10.4. The molecule has 0 fully saturated rings. The minimum atomic E-state index is -4.93. The van der Waals surface area contributed by atoms with E-state index in [0.717, 1.165) is 89.9 Å². The Morgan fingerprint density at radius 2 is 0.526 bits per heavy atom. The van der Waals surface area contributed by atoms with Crippen molar-refractivity contribution in [3.05, 3.63) is 0 Å². The fourth-order valence-electron chi connectivity index (χ4n) is 8.40. The van der Waals surface area contributed by atoms with E-state index in [4.69, 9.17) is 37.0 Å². The van der Waals surface area contributed by atoms with Crippen LogP contribution < -0.4 is 0 Å². The average Bonchev–Trinajstić information content (AvgIpc) is 3.39. The zero-order valence-corrected chi connectivity index (χ0v) is 50.0. The van der Waals surface area contributed by atoms with E-state index in [-0.39, 0.29) is 25.7 Å². The minimum Gasteiger partial charge on any atom is -0.462 e. The Bertz CT molecular complexity index is 1490. The van der Waals surface area contributed by atoms with Gasteiger partial charge in [-0.1, -0.05) is 233 Å². The molecular weight excluding hydrogens is 1020 g/mol. The van der Waals surface area contributed by atoms with Gasteiger partial charge in [0.15, 0.2) is 12.2 Å². The summed E-state index contributed by atoms with van der Waals surface area (Å²) in [6.45, 7) is 4.67. The van der Waals surface area contributed by atoms with E-state index in [2.05, 4.69) is 20.8 Å². The van der Waals surface area contributed by atoms with E-state index >= 15 is 0 Å². The second kappa shape index (κ2) is 52.4. The van der Waals surface area contributed by atoms with E-state index in [9.17, 15) is 43.2 Å². The SMILES string of the molecule is CCCCCCCCCCCCCCCCCC(=O)OC[C@H](COP(=O)(O)OC[C@@H](O)COP(=O)(O)OC[C@@H](COC(=O)CCCCCCCCCC)OC(=O)CCCCCC)OC(=O)CCCCCCCCCCC. The molecule has 0 heterocycles. The molecule has 0 saturated heterocycles. The first-order valence-corrected chi connectivity index (χ1v) is 33.3. The number of phosphoric acid groups is 2. The van der Waals surface area contributed by atoms with Gasteiger partial charge in [-0.2, -0.15) is 0 Å². The molecule has 0 aromatic rings. The Morgan fingerprint density at radius 3 is 0.789 bits per heavy atom. The molecule has 0 amide bonds. The third-order valence-electron chi connectivity index (χ3n) is 13.1. The average molecular weight is 1130 g/mol. The predicted octanol–water partition coefficient (Wildman–Crippen LogP) is 15.2. The molecule has 19 heteroatoms. The monoisotopic (exact) mass is 1130 g/mol. The second-order valence-corrected chi connectivity index (χ2v) is 23.6. The molecule has 76 heavy (non-hydrogen) atoms. The zero-order valence-electron chi connectivity index (χ0n) is 48.2. The number of aliphatic hydroxyl groups is 1. The molecule has 0 aliphatic carbocycles. The van der Waals surface area contributed by atoms with Gasteiger partial charge < -0.3 is 33.8 Å². The summed E-state index contributed by atoms with van der Waals surface area (Å²) in [5.74, 6) is -2.16. The Morgan fingerprint density at radius 1 is 0.316 bits per heavy atom. The highest BCUT2D eigenvalue weighted by molar-refractivity contribution is 7.47. The lowest BCUT2D eigenvalue weighted by molar-refractivity contribution is -0.161. The van der Waals surface area contributed by atoms with E-state index in [1.165, 1.54) is 116 Å². The number of ether oxygens (including phenoxy) is 4. The fraction of sp³-hybridized carbons (Fsp3) is 0.930. The molecule has 0 aliphatic rings. The first kappa shape index (κ1) is 74.1. The summed E-state index contributed by atoms with van der Waals surface area (Å²) in [6, 6.07) is 0. The number of hydrogen-bond donors (Lipinski definition) is 3. The van der Waals surface area contributed by atoms with E-state index in [0.29, 0.717) is 25.7 Å². The van der Waals surface area contributed by atoms with Gasteiger partial charge in [0.1, 0.15) is 19.3 Å². The Hall–Kier alpha value is -1.94. The fourth-order valence-corrected chi connectivity index (χ4v) is 9.98. The number of esters is 4. The summed E-state index contributed by atoms with van der Waals surface area (Å²) < 4.78 is 67.3. The van der Waals surface area contributed by atoms with Crippen molar-refractivity contribution in [1.82, 2.24) is 0 Å². The molecule has 0 aliphatic heterocycles. The third-order valence-corrected chi connectivity index (χ3v) is 15.0. The van der Waals surface area contributed by atoms with Crippen LogP contribution in [0, 0.1) is 0 Å². The molecule has 0 bridgehead atoms. The first-order valence-electron chi connectivity index (χ1n) is 30.3. The van der Waals surface area contributed by atoms with Crippen molar-refractivity contribution < 1.29 is 80.2 Å². The van der Waals surface area contributed by atoms with Crippen LogP contribution in [0.4, 0.5) is 0 Å². The maximum absolute atomic E-state index is 12.9. The molecule has 0 aromatic carbocycles. The van der Waals surface area contributed by atoms with Crippen molar-refractivity contribution in [3.8, 4) is 0 Å². The number of carbonyl (C=O) groups is 4. The topological polar surface area (TPSA) is 237 Å². The van der Waals surface area contributed by atoms with Gasteiger partial charge in [-0.05, 0) is 25.7 Å². The molecular formula is C57H110O17P2. The molecule has 5 atom stereocenters. The number of phosphoric ester groups is 2. The van der Waals surface area contributed by atoms with Gasteiger partial charge >= 0.3 is 39.5 Å².